The molecule has 1 saturated carbocycles. The van der Waals surface area contributed by atoms with E-state index in [9.17, 15) is 4.79 Å². The fraction of sp³-hybridized carbons (Fsp3) is 0.714. The van der Waals surface area contributed by atoms with Crippen LogP contribution in [0.2, 0.25) is 0 Å². The summed E-state index contributed by atoms with van der Waals surface area (Å²) in [6, 6.07) is 2.07. The SMILES string of the molecule is N#CCC1CC(C(=O)Cl)C1. The Bertz CT molecular complexity index is 179. The topological polar surface area (TPSA) is 40.9 Å². The van der Waals surface area contributed by atoms with Crippen LogP contribution in [0.1, 0.15) is 19.3 Å². The zero-order valence-electron chi connectivity index (χ0n) is 5.51. The average molecular weight is 158 g/mol. The van der Waals surface area contributed by atoms with Gasteiger partial charge in [-0.05, 0) is 30.4 Å². The van der Waals surface area contributed by atoms with Crippen molar-refractivity contribution in [3.63, 3.8) is 0 Å². The van der Waals surface area contributed by atoms with Crippen LogP contribution in [0.3, 0.4) is 0 Å². The highest BCUT2D eigenvalue weighted by molar-refractivity contribution is 6.64. The average Bonchev–Trinajstić information content (AvgIpc) is 1.76. The van der Waals surface area contributed by atoms with Crippen LogP contribution in [-0.4, -0.2) is 5.24 Å². The van der Waals surface area contributed by atoms with Crippen LogP contribution in [0.25, 0.3) is 0 Å². The Morgan fingerprint density at radius 3 is 2.70 bits per heavy atom. The van der Waals surface area contributed by atoms with Gasteiger partial charge in [0.25, 0.3) is 0 Å². The number of nitriles is 1. The third kappa shape index (κ3) is 1.48. The molecule has 0 aromatic carbocycles. The van der Waals surface area contributed by atoms with Crippen LogP contribution < -0.4 is 0 Å². The number of hydrogen-bond acceptors (Lipinski definition) is 2. The van der Waals surface area contributed by atoms with Gasteiger partial charge in [0.05, 0.1) is 6.07 Å². The lowest BCUT2D eigenvalue weighted by Gasteiger charge is -2.30. The van der Waals surface area contributed by atoms with E-state index < -0.39 is 0 Å². The van der Waals surface area contributed by atoms with E-state index >= 15 is 0 Å². The van der Waals surface area contributed by atoms with Gasteiger partial charge < -0.3 is 0 Å². The molecule has 0 amide bonds. The van der Waals surface area contributed by atoms with Gasteiger partial charge in [0.15, 0.2) is 0 Å². The zero-order valence-corrected chi connectivity index (χ0v) is 6.27. The van der Waals surface area contributed by atoms with E-state index in [1.807, 2.05) is 0 Å². The Labute approximate surface area is 64.8 Å². The van der Waals surface area contributed by atoms with Crippen molar-refractivity contribution in [1.29, 1.82) is 5.26 Å². The van der Waals surface area contributed by atoms with Crippen LogP contribution in [0.5, 0.6) is 0 Å². The maximum absolute atomic E-state index is 10.5. The molecular weight excluding hydrogens is 150 g/mol. The van der Waals surface area contributed by atoms with E-state index in [-0.39, 0.29) is 11.2 Å². The molecule has 2 nitrogen and oxygen atoms in total. The first-order valence-electron chi connectivity index (χ1n) is 3.30. The Hall–Kier alpha value is -0.550. The van der Waals surface area contributed by atoms with Crippen molar-refractivity contribution in [3.05, 3.63) is 0 Å². The van der Waals surface area contributed by atoms with E-state index in [2.05, 4.69) is 6.07 Å². The second kappa shape index (κ2) is 3.03. The minimum absolute atomic E-state index is 0.0417. The molecule has 1 aliphatic carbocycles. The zero-order chi connectivity index (χ0) is 7.56. The number of hydrogen-bond donors (Lipinski definition) is 0. The predicted octanol–water partition coefficient (Wildman–Crippen LogP) is 1.69. The number of rotatable bonds is 2. The largest absolute Gasteiger partial charge is 0.281 e. The molecule has 1 rings (SSSR count). The summed E-state index contributed by atoms with van der Waals surface area (Å²) in [4.78, 5) is 10.5. The monoisotopic (exact) mass is 157 g/mol. The molecule has 0 unspecified atom stereocenters. The highest BCUT2D eigenvalue weighted by Crippen LogP contribution is 2.36. The lowest BCUT2D eigenvalue weighted by Crippen LogP contribution is -2.27. The third-order valence-corrected chi connectivity index (χ3v) is 2.25. The second-order valence-electron chi connectivity index (χ2n) is 2.70. The van der Waals surface area contributed by atoms with Gasteiger partial charge in [0.1, 0.15) is 0 Å². The number of carbonyl (C=O) groups is 1. The lowest BCUT2D eigenvalue weighted by atomic mass is 9.74. The van der Waals surface area contributed by atoms with Gasteiger partial charge in [-0.1, -0.05) is 0 Å². The first-order chi connectivity index (χ1) is 4.74. The van der Waals surface area contributed by atoms with Crippen LogP contribution in [0.15, 0.2) is 0 Å². The fourth-order valence-corrected chi connectivity index (χ4v) is 1.39. The molecule has 0 aromatic heterocycles. The van der Waals surface area contributed by atoms with Gasteiger partial charge in [0, 0.05) is 12.3 Å². The summed E-state index contributed by atoms with van der Waals surface area (Å²) in [5.74, 6) is 0.470. The Morgan fingerprint density at radius 2 is 2.30 bits per heavy atom. The smallest absolute Gasteiger partial charge is 0.224 e. The van der Waals surface area contributed by atoms with Crippen molar-refractivity contribution >= 4 is 16.8 Å². The normalized spacial score (nSPS) is 30.4. The highest BCUT2D eigenvalue weighted by Gasteiger charge is 2.32. The van der Waals surface area contributed by atoms with Crippen LogP contribution in [0, 0.1) is 23.2 Å². The van der Waals surface area contributed by atoms with Crippen molar-refractivity contribution in [2.75, 3.05) is 0 Å². The summed E-state index contributed by atoms with van der Waals surface area (Å²) in [5, 5.41) is 8.02. The molecule has 3 heteroatoms. The standard InChI is InChI=1S/C7H8ClNO/c8-7(10)6-3-5(4-6)1-2-9/h5-6H,1,3-4H2. The summed E-state index contributed by atoms with van der Waals surface area (Å²) in [6.45, 7) is 0. The minimum Gasteiger partial charge on any atom is -0.281 e. The molecule has 0 spiro atoms. The number of nitrogens with zero attached hydrogens (tertiary/aromatic N) is 1. The third-order valence-electron chi connectivity index (χ3n) is 1.94. The van der Waals surface area contributed by atoms with E-state index in [0.29, 0.717) is 12.3 Å². The summed E-state index contributed by atoms with van der Waals surface area (Å²) in [6.07, 6.45) is 2.20. The Morgan fingerprint density at radius 1 is 1.70 bits per heavy atom. The van der Waals surface area contributed by atoms with Gasteiger partial charge in [-0.2, -0.15) is 5.26 Å². The Balaban J connectivity index is 2.19. The summed E-state index contributed by atoms with van der Waals surface area (Å²) in [5.41, 5.74) is 0. The molecule has 0 bridgehead atoms. The van der Waals surface area contributed by atoms with Crippen molar-refractivity contribution in [1.82, 2.24) is 0 Å². The van der Waals surface area contributed by atoms with Crippen LogP contribution >= 0.6 is 11.6 Å². The molecule has 0 atom stereocenters. The van der Waals surface area contributed by atoms with Gasteiger partial charge in [-0.3, -0.25) is 4.79 Å². The van der Waals surface area contributed by atoms with Crippen molar-refractivity contribution < 1.29 is 4.79 Å². The molecule has 0 saturated heterocycles. The van der Waals surface area contributed by atoms with Crippen molar-refractivity contribution in [2.45, 2.75) is 19.3 Å². The molecule has 0 radical (unpaired) electrons. The van der Waals surface area contributed by atoms with Gasteiger partial charge in [-0.15, -0.1) is 0 Å². The van der Waals surface area contributed by atoms with Crippen LogP contribution in [-0.2, 0) is 4.79 Å². The molecule has 0 N–H and O–H groups in total. The van der Waals surface area contributed by atoms with Gasteiger partial charge in [-0.25, -0.2) is 0 Å². The maximum Gasteiger partial charge on any atom is 0.224 e. The van der Waals surface area contributed by atoms with E-state index in [4.69, 9.17) is 16.9 Å². The van der Waals surface area contributed by atoms with E-state index in [0.717, 1.165) is 12.8 Å². The second-order valence-corrected chi connectivity index (χ2v) is 3.07. The summed E-state index contributed by atoms with van der Waals surface area (Å²) >= 11 is 5.22. The first kappa shape index (κ1) is 7.56. The minimum atomic E-state index is -0.241. The van der Waals surface area contributed by atoms with Gasteiger partial charge >= 0.3 is 0 Å². The number of halogens is 1. The lowest BCUT2D eigenvalue weighted by molar-refractivity contribution is -0.118. The molecule has 0 aromatic rings. The van der Waals surface area contributed by atoms with E-state index in [1.165, 1.54) is 0 Å². The maximum atomic E-state index is 10.5. The molecule has 0 aliphatic heterocycles. The molecular formula is C7H8ClNO. The van der Waals surface area contributed by atoms with E-state index in [1.54, 1.807) is 0 Å². The predicted molar refractivity (Wildman–Crippen MR) is 37.3 cm³/mol. The van der Waals surface area contributed by atoms with Crippen molar-refractivity contribution in [2.24, 2.45) is 11.8 Å². The molecule has 1 aliphatic rings. The van der Waals surface area contributed by atoms with Crippen molar-refractivity contribution in [3.8, 4) is 6.07 Å². The molecule has 10 heavy (non-hydrogen) atoms. The molecule has 0 heterocycles. The highest BCUT2D eigenvalue weighted by atomic mass is 35.5. The fourth-order valence-electron chi connectivity index (χ4n) is 1.22. The Kier molecular flexibility index (Phi) is 2.29. The molecule has 1 fully saturated rings. The molecule has 54 valence electrons. The van der Waals surface area contributed by atoms with Gasteiger partial charge in [0.2, 0.25) is 5.24 Å². The quantitative estimate of drug-likeness (QED) is 0.573. The number of carbonyl (C=O) groups excluding carboxylic acids is 1. The summed E-state index contributed by atoms with van der Waals surface area (Å²) in [7, 11) is 0. The first-order valence-corrected chi connectivity index (χ1v) is 3.68. The van der Waals surface area contributed by atoms with Crippen LogP contribution in [0.4, 0.5) is 0 Å². The summed E-state index contributed by atoms with van der Waals surface area (Å²) < 4.78 is 0.